The van der Waals surface area contributed by atoms with E-state index in [1.165, 1.54) is 12.1 Å². The number of hydrogen-bond donors (Lipinski definition) is 2. The molecule has 0 radical (unpaired) electrons. The van der Waals surface area contributed by atoms with Gasteiger partial charge in [0, 0.05) is 19.8 Å². The molecule has 3 rings (SSSR count). The number of hydrogen-bond acceptors (Lipinski definition) is 6. The number of carbonyl (C=O) groups is 2. The molecule has 6 nitrogen and oxygen atoms in total. The summed E-state index contributed by atoms with van der Waals surface area (Å²) in [5.74, 6) is -1.19. The molecule has 1 aliphatic rings. The van der Waals surface area contributed by atoms with Gasteiger partial charge in [-0.05, 0) is 48.1 Å². The van der Waals surface area contributed by atoms with Gasteiger partial charge < -0.3 is 10.0 Å². The van der Waals surface area contributed by atoms with E-state index in [0.717, 1.165) is 28.0 Å². The quantitative estimate of drug-likeness (QED) is 0.608. The van der Waals surface area contributed by atoms with Gasteiger partial charge in [0.15, 0.2) is 4.32 Å². The van der Waals surface area contributed by atoms with Gasteiger partial charge in [0.05, 0.1) is 10.5 Å². The summed E-state index contributed by atoms with van der Waals surface area (Å²) in [5, 5.41) is 10.8. The second kappa shape index (κ2) is 7.81. The van der Waals surface area contributed by atoms with Crippen LogP contribution in [0.1, 0.15) is 15.9 Å². The Bertz CT molecular complexity index is 939. The van der Waals surface area contributed by atoms with E-state index in [4.69, 9.17) is 12.2 Å². The Morgan fingerprint density at radius 1 is 1.19 bits per heavy atom. The highest BCUT2D eigenvalue weighted by molar-refractivity contribution is 8.26. The molecule has 8 heteroatoms. The maximum Gasteiger partial charge on any atom is 0.285 e. The van der Waals surface area contributed by atoms with Crippen LogP contribution in [0.25, 0.3) is 6.08 Å². The minimum atomic E-state index is -0.610. The summed E-state index contributed by atoms with van der Waals surface area (Å²) in [6.07, 6.45) is 1.73. The Balaban J connectivity index is 1.76. The summed E-state index contributed by atoms with van der Waals surface area (Å²) >= 11 is 6.32. The number of nitrogens with zero attached hydrogens (tertiary/aromatic N) is 2. The van der Waals surface area contributed by atoms with Crippen molar-refractivity contribution in [3.63, 3.8) is 0 Å². The first kappa shape index (κ1) is 18.9. The normalized spacial score (nSPS) is 15.3. The molecule has 2 aromatic carbocycles. The molecule has 1 aliphatic heterocycles. The molecule has 0 unspecified atom stereocenters. The van der Waals surface area contributed by atoms with Crippen molar-refractivity contribution in [3.8, 4) is 5.75 Å². The largest absolute Gasteiger partial charge is 0.507 e. The average Bonchev–Trinajstić information content (AvgIpc) is 2.90. The third-order valence-corrected chi connectivity index (χ3v) is 5.17. The first-order valence-electron chi connectivity index (χ1n) is 8.01. The van der Waals surface area contributed by atoms with Gasteiger partial charge in [0.2, 0.25) is 0 Å². The number of para-hydroxylation sites is 1. The number of thioether (sulfide) groups is 1. The van der Waals surface area contributed by atoms with E-state index in [-0.39, 0.29) is 15.6 Å². The lowest BCUT2D eigenvalue weighted by Gasteiger charge is -2.16. The van der Waals surface area contributed by atoms with E-state index >= 15 is 0 Å². The fourth-order valence-electron chi connectivity index (χ4n) is 2.41. The number of aromatic hydroxyl groups is 1. The summed E-state index contributed by atoms with van der Waals surface area (Å²) in [7, 11) is 3.90. The van der Waals surface area contributed by atoms with E-state index in [1.807, 2.05) is 43.3 Å². The van der Waals surface area contributed by atoms with Gasteiger partial charge in [0.1, 0.15) is 5.75 Å². The number of amides is 2. The van der Waals surface area contributed by atoms with Crippen LogP contribution < -0.4 is 10.3 Å². The molecule has 0 atom stereocenters. The molecule has 0 saturated carbocycles. The second-order valence-electron chi connectivity index (χ2n) is 5.96. The van der Waals surface area contributed by atoms with Crippen LogP contribution in [-0.4, -0.2) is 40.3 Å². The lowest BCUT2D eigenvalue weighted by atomic mass is 10.2. The Hall–Kier alpha value is -2.84. The Morgan fingerprint density at radius 3 is 2.48 bits per heavy atom. The fourth-order valence-corrected chi connectivity index (χ4v) is 3.59. The first-order valence-corrected chi connectivity index (χ1v) is 9.23. The average molecular weight is 399 g/mol. The van der Waals surface area contributed by atoms with Crippen molar-refractivity contribution in [1.82, 2.24) is 10.4 Å². The van der Waals surface area contributed by atoms with Crippen LogP contribution in [0.15, 0.2) is 53.4 Å². The minimum Gasteiger partial charge on any atom is -0.507 e. The zero-order chi connectivity index (χ0) is 19.6. The van der Waals surface area contributed by atoms with Crippen molar-refractivity contribution in [2.45, 2.75) is 0 Å². The minimum absolute atomic E-state index is 0.0646. The van der Waals surface area contributed by atoms with Crippen molar-refractivity contribution in [3.05, 3.63) is 64.6 Å². The third-order valence-electron chi connectivity index (χ3n) is 3.86. The van der Waals surface area contributed by atoms with Crippen LogP contribution in [0.2, 0.25) is 0 Å². The number of carbonyl (C=O) groups excluding carboxylic acids is 2. The number of hydrazine groups is 1. The van der Waals surface area contributed by atoms with Crippen LogP contribution >= 0.6 is 24.0 Å². The standard InChI is InChI=1S/C19H17N3O3S2/c1-21(2)13-9-7-12(8-10-13)11-16-18(25)22(19(26)27-16)20-17(24)14-5-3-4-6-15(14)23/h3-11,23H,1-2H3,(H,20,24)/b16-11-. The number of nitrogens with one attached hydrogen (secondary N) is 1. The molecule has 0 spiro atoms. The molecule has 2 amide bonds. The molecule has 27 heavy (non-hydrogen) atoms. The lowest BCUT2D eigenvalue weighted by Crippen LogP contribution is -2.44. The highest BCUT2D eigenvalue weighted by Gasteiger charge is 2.34. The SMILES string of the molecule is CN(C)c1ccc(/C=C2\SC(=S)N(NC(=O)c3ccccc3O)C2=O)cc1. The molecule has 2 N–H and O–H groups in total. The van der Waals surface area contributed by atoms with Crippen LogP contribution in [0, 0.1) is 0 Å². The van der Waals surface area contributed by atoms with Crippen LogP contribution in [0.3, 0.4) is 0 Å². The second-order valence-corrected chi connectivity index (χ2v) is 7.64. The van der Waals surface area contributed by atoms with E-state index in [1.54, 1.807) is 18.2 Å². The number of phenolic OH excluding ortho intramolecular Hbond substituents is 1. The molecular formula is C19H17N3O3S2. The molecule has 1 saturated heterocycles. The molecule has 2 aromatic rings. The summed E-state index contributed by atoms with van der Waals surface area (Å²) in [6, 6.07) is 13.8. The number of phenols is 1. The molecule has 1 fully saturated rings. The van der Waals surface area contributed by atoms with Gasteiger partial charge in [-0.3, -0.25) is 15.0 Å². The Labute approximate surface area is 166 Å². The van der Waals surface area contributed by atoms with Crippen molar-refractivity contribution < 1.29 is 14.7 Å². The molecule has 138 valence electrons. The van der Waals surface area contributed by atoms with Crippen molar-refractivity contribution >= 4 is 51.9 Å². The monoisotopic (exact) mass is 399 g/mol. The predicted octanol–water partition coefficient (Wildman–Crippen LogP) is 3.00. The third kappa shape index (κ3) is 4.12. The zero-order valence-electron chi connectivity index (χ0n) is 14.7. The van der Waals surface area contributed by atoms with Gasteiger partial charge in [0.25, 0.3) is 11.8 Å². The van der Waals surface area contributed by atoms with Crippen LogP contribution in [-0.2, 0) is 4.79 Å². The molecule has 1 heterocycles. The Morgan fingerprint density at radius 2 is 1.85 bits per heavy atom. The van der Waals surface area contributed by atoms with Crippen molar-refractivity contribution in [2.75, 3.05) is 19.0 Å². The summed E-state index contributed by atoms with van der Waals surface area (Å²) in [4.78, 5) is 27.3. The van der Waals surface area contributed by atoms with Gasteiger partial charge >= 0.3 is 0 Å². The lowest BCUT2D eigenvalue weighted by molar-refractivity contribution is -0.123. The van der Waals surface area contributed by atoms with Gasteiger partial charge in [-0.1, -0.05) is 36.0 Å². The van der Waals surface area contributed by atoms with Gasteiger partial charge in [-0.15, -0.1) is 0 Å². The van der Waals surface area contributed by atoms with Crippen LogP contribution in [0.5, 0.6) is 5.75 Å². The molecule has 0 aromatic heterocycles. The van der Waals surface area contributed by atoms with E-state index in [9.17, 15) is 14.7 Å². The number of thiocarbonyl (C=S) groups is 1. The smallest absolute Gasteiger partial charge is 0.285 e. The van der Waals surface area contributed by atoms with Crippen molar-refractivity contribution in [1.29, 1.82) is 0 Å². The maximum absolute atomic E-state index is 12.6. The first-order chi connectivity index (χ1) is 12.9. The number of anilines is 1. The number of benzene rings is 2. The molecule has 0 aliphatic carbocycles. The summed E-state index contributed by atoms with van der Waals surface area (Å²) in [5.41, 5.74) is 4.42. The van der Waals surface area contributed by atoms with E-state index in [0.29, 0.717) is 4.91 Å². The van der Waals surface area contributed by atoms with Crippen molar-refractivity contribution in [2.24, 2.45) is 0 Å². The van der Waals surface area contributed by atoms with E-state index in [2.05, 4.69) is 5.43 Å². The van der Waals surface area contributed by atoms with Crippen LogP contribution in [0.4, 0.5) is 5.69 Å². The van der Waals surface area contributed by atoms with Gasteiger partial charge in [-0.2, -0.15) is 5.01 Å². The topological polar surface area (TPSA) is 72.9 Å². The Kier molecular flexibility index (Phi) is 5.48. The number of rotatable bonds is 4. The predicted molar refractivity (Wildman–Crippen MR) is 111 cm³/mol. The molecular weight excluding hydrogens is 382 g/mol. The maximum atomic E-state index is 12.6. The highest BCUT2D eigenvalue weighted by Crippen LogP contribution is 2.32. The fraction of sp³-hybridized carbons (Fsp3) is 0.105. The molecule has 0 bridgehead atoms. The highest BCUT2D eigenvalue weighted by atomic mass is 32.2. The van der Waals surface area contributed by atoms with E-state index < -0.39 is 11.8 Å². The van der Waals surface area contributed by atoms with Gasteiger partial charge in [-0.25, -0.2) is 0 Å². The zero-order valence-corrected chi connectivity index (χ0v) is 16.3. The summed E-state index contributed by atoms with van der Waals surface area (Å²) in [6.45, 7) is 0. The summed E-state index contributed by atoms with van der Waals surface area (Å²) < 4.78 is 0.222.